The molecule has 0 heterocycles. The Kier molecular flexibility index (Phi) is 13.4. The van der Waals surface area contributed by atoms with Crippen LogP contribution in [0.2, 0.25) is 0 Å². The number of aliphatic hydroxyl groups excluding tert-OH is 2. The van der Waals surface area contributed by atoms with E-state index in [1.807, 2.05) is 0 Å². The average Bonchev–Trinajstić information content (AvgIpc) is 2.91. The number of esters is 2. The fourth-order valence-corrected chi connectivity index (χ4v) is 5.45. The van der Waals surface area contributed by atoms with Crippen molar-refractivity contribution in [3.63, 3.8) is 0 Å². The van der Waals surface area contributed by atoms with Gasteiger partial charge in [0.05, 0.1) is 13.2 Å². The lowest BCUT2D eigenvalue weighted by molar-refractivity contribution is -0.143. The summed E-state index contributed by atoms with van der Waals surface area (Å²) in [4.78, 5) is 24.9. The van der Waals surface area contributed by atoms with Gasteiger partial charge in [-0.3, -0.25) is 0 Å². The molecule has 6 nitrogen and oxygen atoms in total. The third-order valence-corrected chi connectivity index (χ3v) is 8.68. The van der Waals surface area contributed by atoms with Crippen LogP contribution in [-0.2, 0) is 19.1 Å². The van der Waals surface area contributed by atoms with E-state index in [-0.39, 0.29) is 58.2 Å². The average molecular weight is 639 g/mol. The Bertz CT molecular complexity index is 1170. The maximum Gasteiger partial charge on any atom is 0.373 e. The van der Waals surface area contributed by atoms with Gasteiger partial charge >= 0.3 is 11.9 Å². The normalized spacial score (nSPS) is 20.3. The van der Waals surface area contributed by atoms with Gasteiger partial charge in [0.25, 0.3) is 0 Å². The number of allylic oxidation sites excluding steroid dienone is 10. The number of ether oxygens (including phenoxy) is 2. The van der Waals surface area contributed by atoms with Gasteiger partial charge in [0, 0.05) is 11.8 Å². The molecule has 0 aromatic carbocycles. The summed E-state index contributed by atoms with van der Waals surface area (Å²) in [5.74, 6) is -2.27. The minimum absolute atomic E-state index is 0.000305. The van der Waals surface area contributed by atoms with Crippen molar-refractivity contribution in [2.45, 2.75) is 122 Å². The molecule has 0 saturated carbocycles. The molecular formula is C40H62O6. The lowest BCUT2D eigenvalue weighted by Crippen LogP contribution is -2.20. The third-order valence-electron chi connectivity index (χ3n) is 8.68. The Balaban J connectivity index is 1.77. The molecule has 0 radical (unpaired) electrons. The molecule has 2 atom stereocenters. The molecule has 2 rings (SSSR count). The Hall–Kier alpha value is -3.02. The van der Waals surface area contributed by atoms with Gasteiger partial charge < -0.3 is 19.7 Å². The fraction of sp³-hybridized carbons (Fsp3) is 0.650. The molecular weight excluding hydrogens is 576 g/mol. The first-order valence-electron chi connectivity index (χ1n) is 17.0. The fourth-order valence-electron chi connectivity index (χ4n) is 5.45. The van der Waals surface area contributed by atoms with Crippen LogP contribution in [0, 0.1) is 33.5 Å². The highest BCUT2D eigenvalue weighted by Gasteiger charge is 2.29. The maximum absolute atomic E-state index is 12.5. The molecule has 2 aliphatic rings. The summed E-state index contributed by atoms with van der Waals surface area (Å²) in [7, 11) is 0. The van der Waals surface area contributed by atoms with Crippen molar-refractivity contribution in [2.75, 3.05) is 13.2 Å². The largest absolute Gasteiger partial charge is 0.502 e. The van der Waals surface area contributed by atoms with Gasteiger partial charge in [-0.15, -0.1) is 0 Å². The van der Waals surface area contributed by atoms with E-state index in [9.17, 15) is 19.8 Å². The summed E-state index contributed by atoms with van der Waals surface area (Å²) in [6.07, 6.45) is 16.4. The van der Waals surface area contributed by atoms with Gasteiger partial charge in [0.15, 0.2) is 11.5 Å². The van der Waals surface area contributed by atoms with Crippen molar-refractivity contribution in [3.8, 4) is 0 Å². The number of hydrogen-bond donors (Lipinski definition) is 2. The minimum atomic E-state index is -0.707. The molecule has 0 fully saturated rings. The zero-order valence-electron chi connectivity index (χ0n) is 30.8. The van der Waals surface area contributed by atoms with Crippen LogP contribution in [0.1, 0.15) is 122 Å². The number of hydrogen-bond acceptors (Lipinski definition) is 6. The van der Waals surface area contributed by atoms with Crippen molar-refractivity contribution in [2.24, 2.45) is 33.5 Å². The molecule has 0 spiro atoms. The number of carbonyl (C=O) groups is 2. The first-order chi connectivity index (χ1) is 21.0. The Morgan fingerprint density at radius 1 is 0.609 bits per heavy atom. The van der Waals surface area contributed by atoms with Crippen LogP contribution in [0.4, 0.5) is 0 Å². The summed E-state index contributed by atoms with van der Waals surface area (Å²) in [6, 6.07) is 0. The SMILES string of the molecule is CC(C)(C)C1=CC(C=C(O)C(=O)OCCCCCCOC(=O)C(O)=CC2C=C(C(C)(C)C)C=C(C(C)(C)C)C2)CC(C(C)(C)C)=C1. The van der Waals surface area contributed by atoms with E-state index in [4.69, 9.17) is 9.47 Å². The molecule has 46 heavy (non-hydrogen) atoms. The van der Waals surface area contributed by atoms with Gasteiger partial charge in [-0.1, -0.05) is 119 Å². The Morgan fingerprint density at radius 2 is 0.935 bits per heavy atom. The van der Waals surface area contributed by atoms with E-state index in [1.54, 1.807) is 12.2 Å². The first-order valence-corrected chi connectivity index (χ1v) is 17.0. The number of unbranched alkanes of at least 4 members (excludes halogenated alkanes) is 3. The smallest absolute Gasteiger partial charge is 0.373 e. The van der Waals surface area contributed by atoms with Crippen molar-refractivity contribution in [1.29, 1.82) is 0 Å². The van der Waals surface area contributed by atoms with Gasteiger partial charge in [0.1, 0.15) is 0 Å². The van der Waals surface area contributed by atoms with E-state index >= 15 is 0 Å². The number of rotatable bonds is 11. The molecule has 2 unspecified atom stereocenters. The highest BCUT2D eigenvalue weighted by molar-refractivity contribution is 5.86. The predicted octanol–water partition coefficient (Wildman–Crippen LogP) is 10.4. The molecule has 0 bridgehead atoms. The van der Waals surface area contributed by atoms with E-state index < -0.39 is 11.9 Å². The van der Waals surface area contributed by atoms with Crippen LogP contribution in [-0.4, -0.2) is 35.4 Å². The van der Waals surface area contributed by atoms with Gasteiger partial charge in [-0.25, -0.2) is 9.59 Å². The van der Waals surface area contributed by atoms with E-state index in [1.165, 1.54) is 22.3 Å². The van der Waals surface area contributed by atoms with Crippen LogP contribution in [0.25, 0.3) is 0 Å². The lowest BCUT2D eigenvalue weighted by Gasteiger charge is -2.33. The summed E-state index contributed by atoms with van der Waals surface area (Å²) in [5, 5.41) is 21.0. The second kappa shape index (κ2) is 15.7. The quantitative estimate of drug-likeness (QED) is 0.101. The Morgan fingerprint density at radius 3 is 1.22 bits per heavy atom. The molecule has 258 valence electrons. The molecule has 0 aromatic rings. The van der Waals surface area contributed by atoms with Crippen LogP contribution >= 0.6 is 0 Å². The van der Waals surface area contributed by atoms with Crippen LogP contribution in [0.3, 0.4) is 0 Å². The van der Waals surface area contributed by atoms with E-state index in [2.05, 4.69) is 107 Å². The molecule has 6 heteroatoms. The highest BCUT2D eigenvalue weighted by Crippen LogP contribution is 2.42. The summed E-state index contributed by atoms with van der Waals surface area (Å²) in [5.41, 5.74) is 4.92. The molecule has 0 aromatic heterocycles. The number of aliphatic hydroxyl groups is 2. The van der Waals surface area contributed by atoms with Crippen molar-refractivity contribution < 1.29 is 29.3 Å². The van der Waals surface area contributed by atoms with Crippen molar-refractivity contribution >= 4 is 11.9 Å². The van der Waals surface area contributed by atoms with Crippen molar-refractivity contribution in [3.05, 3.63) is 70.3 Å². The van der Waals surface area contributed by atoms with Crippen molar-refractivity contribution in [1.82, 2.24) is 0 Å². The number of carbonyl (C=O) groups excluding carboxylic acids is 2. The topological polar surface area (TPSA) is 93.1 Å². The molecule has 0 aliphatic heterocycles. The molecule has 0 amide bonds. The van der Waals surface area contributed by atoms with E-state index in [0.29, 0.717) is 12.8 Å². The summed E-state index contributed by atoms with van der Waals surface area (Å²) in [6.45, 7) is 26.5. The molecule has 2 N–H and O–H groups in total. The predicted molar refractivity (Wildman–Crippen MR) is 188 cm³/mol. The summed E-state index contributed by atoms with van der Waals surface area (Å²) >= 11 is 0. The zero-order valence-corrected chi connectivity index (χ0v) is 30.8. The monoisotopic (exact) mass is 638 g/mol. The lowest BCUT2D eigenvalue weighted by atomic mass is 9.72. The first kappa shape index (κ1) is 39.2. The van der Waals surface area contributed by atoms with Gasteiger partial charge in [-0.2, -0.15) is 0 Å². The van der Waals surface area contributed by atoms with E-state index in [0.717, 1.165) is 25.7 Å². The highest BCUT2D eigenvalue weighted by atomic mass is 16.5. The minimum Gasteiger partial charge on any atom is -0.502 e. The summed E-state index contributed by atoms with van der Waals surface area (Å²) < 4.78 is 10.6. The standard InChI is InChI=1S/C40H62O6/c1-37(2,3)29-19-27(20-30(25-29)38(4,5)6)23-33(41)35(43)45-17-15-13-14-16-18-46-36(44)34(42)24-28-21-31(39(7,8)9)26-32(22-28)40(10,11)12/h19,21,23-28,41-42H,13-18,20,22H2,1-12H3. The Labute approximate surface area is 279 Å². The van der Waals surface area contributed by atoms with Crippen LogP contribution in [0.15, 0.2) is 70.3 Å². The van der Waals surface area contributed by atoms with Crippen LogP contribution in [0.5, 0.6) is 0 Å². The third kappa shape index (κ3) is 12.6. The van der Waals surface area contributed by atoms with Gasteiger partial charge in [-0.05, 0) is 83.5 Å². The maximum atomic E-state index is 12.5. The molecule has 2 aliphatic carbocycles. The molecule has 0 saturated heterocycles. The van der Waals surface area contributed by atoms with Crippen LogP contribution < -0.4 is 0 Å². The second-order valence-corrected chi connectivity index (χ2v) is 17.1. The zero-order chi connectivity index (χ0) is 35.1. The van der Waals surface area contributed by atoms with Gasteiger partial charge in [0.2, 0.25) is 0 Å². The second-order valence-electron chi connectivity index (χ2n) is 17.1.